The Balaban J connectivity index is 3.18. The normalized spacial score (nSPS) is 11.5. The van der Waals surface area contributed by atoms with Gasteiger partial charge in [0.25, 0.3) is 0 Å². The third kappa shape index (κ3) is 2.49. The molecule has 0 fully saturated rings. The molecule has 3 nitrogen and oxygen atoms in total. The average molecular weight is 209 g/mol. The van der Waals surface area contributed by atoms with Crippen LogP contribution in [0.15, 0.2) is 18.2 Å². The molecule has 0 aromatic heterocycles. The van der Waals surface area contributed by atoms with Crippen molar-refractivity contribution in [3.8, 4) is 5.75 Å². The molecule has 0 saturated carbocycles. The van der Waals surface area contributed by atoms with Gasteiger partial charge in [-0.05, 0) is 12.5 Å². The lowest BCUT2D eigenvalue weighted by Gasteiger charge is -2.26. The van der Waals surface area contributed by atoms with Crippen molar-refractivity contribution in [2.24, 2.45) is 5.90 Å². The molecule has 0 saturated heterocycles. The summed E-state index contributed by atoms with van der Waals surface area (Å²) in [7, 11) is 1.69. The zero-order valence-electron chi connectivity index (χ0n) is 9.83. The number of hydrogen-bond acceptors (Lipinski definition) is 3. The number of rotatable bonds is 4. The molecule has 0 atom stereocenters. The number of para-hydroxylation sites is 1. The Morgan fingerprint density at radius 3 is 2.53 bits per heavy atom. The maximum Gasteiger partial charge on any atom is 0.125 e. The third-order valence-corrected chi connectivity index (χ3v) is 2.59. The van der Waals surface area contributed by atoms with Gasteiger partial charge in [-0.25, -0.2) is 5.90 Å². The second kappa shape index (κ2) is 4.64. The first-order chi connectivity index (χ1) is 7.03. The van der Waals surface area contributed by atoms with Crippen LogP contribution < -0.4 is 10.6 Å². The Bertz CT molecular complexity index is 334. The molecular weight excluding hydrogens is 190 g/mol. The molecule has 0 unspecified atom stereocenters. The Morgan fingerprint density at radius 1 is 1.33 bits per heavy atom. The number of benzene rings is 1. The fraction of sp³-hybridized carbons (Fsp3) is 0.500. The molecule has 0 heterocycles. The zero-order valence-corrected chi connectivity index (χ0v) is 9.83. The SMILES string of the molecule is COc1c(C)cccc1C(C)(C)CON. The van der Waals surface area contributed by atoms with Gasteiger partial charge in [-0.3, -0.25) is 0 Å². The second-order valence-corrected chi connectivity index (χ2v) is 4.35. The molecule has 2 N–H and O–H groups in total. The van der Waals surface area contributed by atoms with Crippen LogP contribution in [0.1, 0.15) is 25.0 Å². The van der Waals surface area contributed by atoms with Crippen LogP contribution in [0.2, 0.25) is 0 Å². The first-order valence-electron chi connectivity index (χ1n) is 4.98. The van der Waals surface area contributed by atoms with Crippen molar-refractivity contribution in [1.82, 2.24) is 0 Å². The number of aryl methyl sites for hydroxylation is 1. The Morgan fingerprint density at radius 2 is 2.00 bits per heavy atom. The van der Waals surface area contributed by atoms with E-state index in [9.17, 15) is 0 Å². The van der Waals surface area contributed by atoms with Gasteiger partial charge in [-0.15, -0.1) is 0 Å². The van der Waals surface area contributed by atoms with Crippen molar-refractivity contribution in [3.63, 3.8) is 0 Å². The summed E-state index contributed by atoms with van der Waals surface area (Å²) in [5.74, 6) is 6.06. The van der Waals surface area contributed by atoms with Gasteiger partial charge >= 0.3 is 0 Å². The van der Waals surface area contributed by atoms with Crippen LogP contribution in [0.3, 0.4) is 0 Å². The maximum atomic E-state index is 5.41. The summed E-state index contributed by atoms with van der Waals surface area (Å²) in [6.45, 7) is 6.66. The van der Waals surface area contributed by atoms with Crippen molar-refractivity contribution in [2.75, 3.05) is 13.7 Å². The lowest BCUT2D eigenvalue weighted by molar-refractivity contribution is 0.0954. The highest BCUT2D eigenvalue weighted by Gasteiger charge is 2.25. The van der Waals surface area contributed by atoms with Crippen LogP contribution in [0.25, 0.3) is 0 Å². The van der Waals surface area contributed by atoms with Gasteiger partial charge in [-0.1, -0.05) is 32.0 Å². The minimum Gasteiger partial charge on any atom is -0.496 e. The van der Waals surface area contributed by atoms with Crippen LogP contribution in [0.5, 0.6) is 5.75 Å². The molecule has 0 spiro atoms. The van der Waals surface area contributed by atoms with E-state index in [2.05, 4.69) is 13.8 Å². The van der Waals surface area contributed by atoms with E-state index in [0.717, 1.165) is 16.9 Å². The first kappa shape index (κ1) is 12.0. The summed E-state index contributed by atoms with van der Waals surface area (Å²) in [6.07, 6.45) is 0. The topological polar surface area (TPSA) is 44.5 Å². The average Bonchev–Trinajstić information content (AvgIpc) is 2.17. The third-order valence-electron chi connectivity index (χ3n) is 2.59. The highest BCUT2D eigenvalue weighted by atomic mass is 16.6. The Labute approximate surface area is 91.1 Å². The largest absolute Gasteiger partial charge is 0.496 e. The van der Waals surface area contributed by atoms with E-state index in [4.69, 9.17) is 15.5 Å². The second-order valence-electron chi connectivity index (χ2n) is 4.35. The van der Waals surface area contributed by atoms with E-state index >= 15 is 0 Å². The van der Waals surface area contributed by atoms with Crippen LogP contribution >= 0.6 is 0 Å². The molecule has 0 aliphatic heterocycles. The van der Waals surface area contributed by atoms with Crippen LogP contribution in [0.4, 0.5) is 0 Å². The molecule has 0 bridgehead atoms. The van der Waals surface area contributed by atoms with Crippen LogP contribution in [-0.2, 0) is 10.3 Å². The number of methoxy groups -OCH3 is 1. The van der Waals surface area contributed by atoms with E-state index in [0.29, 0.717) is 6.61 Å². The Hall–Kier alpha value is -1.06. The molecule has 15 heavy (non-hydrogen) atoms. The summed E-state index contributed by atoms with van der Waals surface area (Å²) in [4.78, 5) is 4.74. The molecule has 0 radical (unpaired) electrons. The highest BCUT2D eigenvalue weighted by molar-refractivity contribution is 5.44. The first-order valence-corrected chi connectivity index (χ1v) is 4.98. The highest BCUT2D eigenvalue weighted by Crippen LogP contribution is 2.33. The van der Waals surface area contributed by atoms with E-state index in [1.54, 1.807) is 7.11 Å². The van der Waals surface area contributed by atoms with E-state index in [-0.39, 0.29) is 5.41 Å². The molecule has 3 heteroatoms. The van der Waals surface area contributed by atoms with Gasteiger partial charge in [0, 0.05) is 11.0 Å². The molecular formula is C12H19NO2. The quantitative estimate of drug-likeness (QED) is 0.773. The van der Waals surface area contributed by atoms with Crippen molar-refractivity contribution < 1.29 is 9.57 Å². The monoisotopic (exact) mass is 209 g/mol. The summed E-state index contributed by atoms with van der Waals surface area (Å²) < 4.78 is 5.41. The number of ether oxygens (including phenoxy) is 1. The van der Waals surface area contributed by atoms with E-state index in [1.165, 1.54) is 0 Å². The van der Waals surface area contributed by atoms with Gasteiger partial charge in [0.15, 0.2) is 0 Å². The number of nitrogens with two attached hydrogens (primary N) is 1. The van der Waals surface area contributed by atoms with Gasteiger partial charge in [-0.2, -0.15) is 0 Å². The number of hydrogen-bond donors (Lipinski definition) is 1. The summed E-state index contributed by atoms with van der Waals surface area (Å²) in [5.41, 5.74) is 2.10. The molecule has 1 rings (SSSR count). The lowest BCUT2D eigenvalue weighted by Crippen LogP contribution is -2.27. The molecule has 1 aromatic carbocycles. The minimum atomic E-state index is -0.147. The fourth-order valence-corrected chi connectivity index (χ4v) is 1.74. The van der Waals surface area contributed by atoms with E-state index in [1.807, 2.05) is 25.1 Å². The van der Waals surface area contributed by atoms with Crippen molar-refractivity contribution in [2.45, 2.75) is 26.2 Å². The predicted molar refractivity (Wildman–Crippen MR) is 60.9 cm³/mol. The van der Waals surface area contributed by atoms with Crippen LogP contribution in [-0.4, -0.2) is 13.7 Å². The van der Waals surface area contributed by atoms with Crippen molar-refractivity contribution in [3.05, 3.63) is 29.3 Å². The molecule has 1 aromatic rings. The Kier molecular flexibility index (Phi) is 3.72. The van der Waals surface area contributed by atoms with Crippen molar-refractivity contribution in [1.29, 1.82) is 0 Å². The maximum absolute atomic E-state index is 5.41. The summed E-state index contributed by atoms with van der Waals surface area (Å²) >= 11 is 0. The molecule has 0 aliphatic carbocycles. The van der Waals surface area contributed by atoms with Gasteiger partial charge in [0.05, 0.1) is 13.7 Å². The van der Waals surface area contributed by atoms with Gasteiger partial charge in [0.2, 0.25) is 0 Å². The zero-order chi connectivity index (χ0) is 11.5. The minimum absolute atomic E-state index is 0.147. The van der Waals surface area contributed by atoms with Crippen LogP contribution in [0, 0.1) is 6.92 Å². The smallest absolute Gasteiger partial charge is 0.125 e. The van der Waals surface area contributed by atoms with Crippen molar-refractivity contribution >= 4 is 0 Å². The lowest BCUT2D eigenvalue weighted by atomic mass is 9.84. The fourth-order valence-electron chi connectivity index (χ4n) is 1.74. The van der Waals surface area contributed by atoms with E-state index < -0.39 is 0 Å². The summed E-state index contributed by atoms with van der Waals surface area (Å²) in [6, 6.07) is 6.10. The molecule has 0 aliphatic rings. The predicted octanol–water partition coefficient (Wildman–Crippen LogP) is 2.17. The van der Waals surface area contributed by atoms with Gasteiger partial charge < -0.3 is 9.57 Å². The molecule has 84 valence electrons. The molecule has 0 amide bonds. The standard InChI is InChI=1S/C12H19NO2/c1-9-6-5-7-10(11(9)14-4)12(2,3)8-15-13/h5-7H,8,13H2,1-4H3. The summed E-state index contributed by atoms with van der Waals surface area (Å²) in [5, 5.41) is 0. The van der Waals surface area contributed by atoms with Gasteiger partial charge in [0.1, 0.15) is 5.75 Å².